The smallest absolute Gasteiger partial charge is 0.317 e. The summed E-state index contributed by atoms with van der Waals surface area (Å²) in [5.41, 5.74) is 4.55. The first-order chi connectivity index (χ1) is 6.96. The van der Waals surface area contributed by atoms with Crippen LogP contribution in [0.15, 0.2) is 30.3 Å². The number of rotatable bonds is 3. The van der Waals surface area contributed by atoms with Gasteiger partial charge in [-0.2, -0.15) is 0 Å². The molecule has 2 atom stereocenters. The summed E-state index contributed by atoms with van der Waals surface area (Å²) in [4.78, 5) is 11.5. The molecule has 0 fully saturated rings. The topological polar surface area (TPSA) is 72.5 Å². The Balaban J connectivity index is 3.08. The lowest BCUT2D eigenvalue weighted by Gasteiger charge is -2.26. The molecule has 4 nitrogen and oxygen atoms in total. The van der Waals surface area contributed by atoms with Crippen molar-refractivity contribution in [1.29, 1.82) is 0 Å². The summed E-state index contributed by atoms with van der Waals surface area (Å²) in [6, 6.07) is 8.82. The zero-order valence-electron chi connectivity index (χ0n) is 8.81. The van der Waals surface area contributed by atoms with Crippen LogP contribution in [0.2, 0.25) is 0 Å². The maximum Gasteiger partial charge on any atom is 0.317 e. The number of nitrogens with two attached hydrogens (primary N) is 1. The number of carbonyl (C=O) groups excluding carboxylic acids is 1. The van der Waals surface area contributed by atoms with Crippen LogP contribution >= 0.6 is 0 Å². The van der Waals surface area contributed by atoms with Crippen molar-refractivity contribution < 1.29 is 14.6 Å². The van der Waals surface area contributed by atoms with Crippen LogP contribution in [-0.2, 0) is 9.53 Å². The van der Waals surface area contributed by atoms with E-state index >= 15 is 0 Å². The van der Waals surface area contributed by atoms with E-state index in [9.17, 15) is 9.90 Å². The molecular formula is C11H15NO3. The lowest BCUT2D eigenvalue weighted by atomic mass is 9.90. The zero-order chi connectivity index (χ0) is 11.5. The van der Waals surface area contributed by atoms with E-state index < -0.39 is 17.6 Å². The summed E-state index contributed by atoms with van der Waals surface area (Å²) in [6.07, 6.45) is 0. The number of ether oxygens (including phenoxy) is 1. The lowest BCUT2D eigenvalue weighted by molar-refractivity contribution is -0.148. The molecule has 0 radical (unpaired) electrons. The van der Waals surface area contributed by atoms with Gasteiger partial charge in [0.1, 0.15) is 11.6 Å². The molecule has 0 bridgehead atoms. The summed E-state index contributed by atoms with van der Waals surface area (Å²) >= 11 is 0. The Morgan fingerprint density at radius 3 is 2.40 bits per heavy atom. The number of carbonyl (C=O) groups is 1. The van der Waals surface area contributed by atoms with Crippen molar-refractivity contribution in [3.05, 3.63) is 35.9 Å². The molecule has 1 rings (SSSR count). The van der Waals surface area contributed by atoms with Gasteiger partial charge in [-0.05, 0) is 12.5 Å². The van der Waals surface area contributed by atoms with Crippen LogP contribution < -0.4 is 5.73 Å². The summed E-state index contributed by atoms with van der Waals surface area (Å²) < 4.78 is 4.61. The minimum atomic E-state index is -1.63. The highest BCUT2D eigenvalue weighted by atomic mass is 16.5. The van der Waals surface area contributed by atoms with Gasteiger partial charge in [0.15, 0.2) is 0 Å². The molecule has 0 heterocycles. The summed E-state index contributed by atoms with van der Waals surface area (Å²) in [5, 5.41) is 9.71. The number of benzene rings is 1. The second-order valence-electron chi connectivity index (χ2n) is 3.59. The quantitative estimate of drug-likeness (QED) is 0.565. The second kappa shape index (κ2) is 4.42. The Kier molecular flexibility index (Phi) is 3.44. The van der Waals surface area contributed by atoms with Gasteiger partial charge in [-0.1, -0.05) is 30.3 Å². The van der Waals surface area contributed by atoms with Crippen LogP contribution in [0.3, 0.4) is 0 Å². The van der Waals surface area contributed by atoms with Crippen molar-refractivity contribution in [2.45, 2.75) is 18.6 Å². The van der Waals surface area contributed by atoms with E-state index in [0.29, 0.717) is 5.56 Å². The Morgan fingerprint density at radius 2 is 2.00 bits per heavy atom. The van der Waals surface area contributed by atoms with Crippen molar-refractivity contribution in [2.75, 3.05) is 7.11 Å². The number of hydrogen-bond acceptors (Lipinski definition) is 4. The maximum absolute atomic E-state index is 11.5. The molecule has 0 saturated carbocycles. The van der Waals surface area contributed by atoms with Crippen molar-refractivity contribution in [2.24, 2.45) is 5.73 Å². The molecule has 0 aliphatic carbocycles. The van der Waals surface area contributed by atoms with Gasteiger partial charge < -0.3 is 15.6 Å². The molecule has 0 aliphatic rings. The van der Waals surface area contributed by atoms with Crippen LogP contribution in [-0.4, -0.2) is 23.9 Å². The molecule has 0 aliphatic heterocycles. The zero-order valence-corrected chi connectivity index (χ0v) is 8.81. The predicted molar refractivity (Wildman–Crippen MR) is 56.0 cm³/mol. The van der Waals surface area contributed by atoms with E-state index in [-0.39, 0.29) is 0 Å². The molecule has 4 heteroatoms. The van der Waals surface area contributed by atoms with Gasteiger partial charge in [0.05, 0.1) is 7.11 Å². The van der Waals surface area contributed by atoms with E-state index in [1.807, 2.05) is 6.07 Å². The molecule has 15 heavy (non-hydrogen) atoms. The lowest BCUT2D eigenvalue weighted by Crippen LogP contribution is -2.46. The molecule has 0 amide bonds. The van der Waals surface area contributed by atoms with Crippen LogP contribution in [0.1, 0.15) is 18.4 Å². The fourth-order valence-corrected chi connectivity index (χ4v) is 1.48. The fourth-order valence-electron chi connectivity index (χ4n) is 1.48. The van der Waals surface area contributed by atoms with Gasteiger partial charge in [0.2, 0.25) is 0 Å². The Hall–Kier alpha value is -1.39. The number of aliphatic hydroxyl groups is 1. The van der Waals surface area contributed by atoms with Crippen molar-refractivity contribution >= 4 is 5.97 Å². The Labute approximate surface area is 88.7 Å². The Morgan fingerprint density at radius 1 is 1.47 bits per heavy atom. The minimum absolute atomic E-state index is 0.547. The van der Waals surface area contributed by atoms with Crippen LogP contribution in [0, 0.1) is 0 Å². The molecule has 3 N–H and O–H groups in total. The van der Waals surface area contributed by atoms with Crippen molar-refractivity contribution in [3.63, 3.8) is 0 Å². The van der Waals surface area contributed by atoms with Gasteiger partial charge in [-0.15, -0.1) is 0 Å². The molecular weight excluding hydrogens is 194 g/mol. The third-order valence-corrected chi connectivity index (χ3v) is 2.15. The number of esters is 1. The van der Waals surface area contributed by atoms with Crippen LogP contribution in [0.4, 0.5) is 0 Å². The van der Waals surface area contributed by atoms with E-state index in [1.54, 1.807) is 24.3 Å². The van der Waals surface area contributed by atoms with E-state index in [0.717, 1.165) is 0 Å². The van der Waals surface area contributed by atoms with Crippen LogP contribution in [0.25, 0.3) is 0 Å². The summed E-state index contributed by atoms with van der Waals surface area (Å²) in [5.74, 6) is -1.42. The molecule has 1 aromatic carbocycles. The highest BCUT2D eigenvalue weighted by Crippen LogP contribution is 2.25. The highest BCUT2D eigenvalue weighted by Gasteiger charge is 2.36. The van der Waals surface area contributed by atoms with E-state index in [1.165, 1.54) is 14.0 Å². The van der Waals surface area contributed by atoms with Gasteiger partial charge in [-0.3, -0.25) is 4.79 Å². The second-order valence-corrected chi connectivity index (χ2v) is 3.59. The summed E-state index contributed by atoms with van der Waals surface area (Å²) in [6.45, 7) is 1.38. The number of hydrogen-bond donors (Lipinski definition) is 2. The molecule has 1 aromatic rings. The minimum Gasteiger partial charge on any atom is -0.468 e. The average molecular weight is 209 g/mol. The third kappa shape index (κ3) is 2.78. The predicted octanol–water partition coefficient (Wildman–Crippen LogP) is 0.610. The maximum atomic E-state index is 11.5. The van der Waals surface area contributed by atoms with Gasteiger partial charge in [0, 0.05) is 0 Å². The van der Waals surface area contributed by atoms with Crippen molar-refractivity contribution in [3.8, 4) is 0 Å². The first-order valence-electron chi connectivity index (χ1n) is 4.61. The fraction of sp³-hybridized carbons (Fsp3) is 0.364. The van der Waals surface area contributed by atoms with E-state index in [4.69, 9.17) is 5.73 Å². The van der Waals surface area contributed by atoms with Crippen LogP contribution in [0.5, 0.6) is 0 Å². The summed E-state index contributed by atoms with van der Waals surface area (Å²) in [7, 11) is 1.27. The molecule has 82 valence electrons. The Bertz CT molecular complexity index is 329. The highest BCUT2D eigenvalue weighted by molar-refractivity contribution is 5.79. The van der Waals surface area contributed by atoms with Gasteiger partial charge in [-0.25, -0.2) is 0 Å². The monoisotopic (exact) mass is 209 g/mol. The molecule has 0 spiro atoms. The van der Waals surface area contributed by atoms with E-state index in [2.05, 4.69) is 4.74 Å². The molecule has 0 saturated heterocycles. The number of methoxy groups -OCH3 is 1. The standard InChI is InChI=1S/C11H15NO3/c1-11(12,14)9(10(13)15-2)8-6-4-3-5-7-8/h3-7,9,14H,12H2,1-2H3. The normalized spacial score (nSPS) is 16.5. The largest absolute Gasteiger partial charge is 0.468 e. The third-order valence-electron chi connectivity index (χ3n) is 2.15. The molecule has 2 unspecified atom stereocenters. The molecule has 0 aromatic heterocycles. The van der Waals surface area contributed by atoms with Crippen molar-refractivity contribution in [1.82, 2.24) is 0 Å². The SMILES string of the molecule is COC(=O)C(c1ccccc1)C(C)(N)O. The van der Waals surface area contributed by atoms with Gasteiger partial charge >= 0.3 is 5.97 Å². The average Bonchev–Trinajstić information content (AvgIpc) is 2.17. The first-order valence-corrected chi connectivity index (χ1v) is 4.61. The van der Waals surface area contributed by atoms with Gasteiger partial charge in [0.25, 0.3) is 0 Å². The first kappa shape index (κ1) is 11.7.